The smallest absolute Gasteiger partial charge is 0.398 e. The molecule has 4 rings (SSSR count). The number of carbonyl (C=O) groups excluding carboxylic acids is 2. The van der Waals surface area contributed by atoms with E-state index in [-0.39, 0.29) is 36.3 Å². The molecule has 0 atom stereocenters. The van der Waals surface area contributed by atoms with Crippen molar-refractivity contribution in [2.75, 3.05) is 11.1 Å². The summed E-state index contributed by atoms with van der Waals surface area (Å²) in [5.74, 6) is 0.0564. The predicted molar refractivity (Wildman–Crippen MR) is 177 cm³/mol. The number of hydrogen-bond acceptors (Lipinski definition) is 6. The van der Waals surface area contributed by atoms with Crippen LogP contribution < -0.4 is 11.1 Å². The Hall–Kier alpha value is -3.22. The minimum Gasteiger partial charge on any atom is -0.398 e. The molecule has 0 spiro atoms. The van der Waals surface area contributed by atoms with Crippen LogP contribution in [0.1, 0.15) is 43.5 Å². The molecule has 0 aliphatic rings. The van der Waals surface area contributed by atoms with Gasteiger partial charge in [-0.05, 0) is 84.3 Å². The quantitative estimate of drug-likeness (QED) is 0.116. The largest absolute Gasteiger partial charge is 0.419 e. The van der Waals surface area contributed by atoms with Crippen LogP contribution in [0.5, 0.6) is 0 Å². The number of para-hydroxylation sites is 2. The number of halogens is 6. The molecule has 4 aromatic rings. The van der Waals surface area contributed by atoms with Gasteiger partial charge < -0.3 is 11.1 Å². The van der Waals surface area contributed by atoms with Crippen molar-refractivity contribution in [1.82, 2.24) is 9.97 Å². The minimum atomic E-state index is -4.56. The molecular weight excluding hydrogens is 715 g/mol. The molecule has 0 radical (unpaired) electrons. The molecule has 2 aromatic carbocycles. The Labute approximate surface area is 273 Å². The predicted octanol–water partition coefficient (Wildman–Crippen LogP) is 9.31. The van der Waals surface area contributed by atoms with Gasteiger partial charge in [0.15, 0.2) is 0 Å². The molecule has 2 heterocycles. The van der Waals surface area contributed by atoms with Crippen LogP contribution in [-0.2, 0) is 28.6 Å². The van der Waals surface area contributed by atoms with E-state index in [9.17, 15) is 22.8 Å². The maximum Gasteiger partial charge on any atom is 0.419 e. The van der Waals surface area contributed by atoms with Crippen molar-refractivity contribution in [1.29, 1.82) is 0 Å². The summed E-state index contributed by atoms with van der Waals surface area (Å²) in [5, 5.41) is 3.20. The molecule has 3 N–H and O–H groups in total. The number of rotatable bonds is 6. The Balaban J connectivity index is 0.000000366. The van der Waals surface area contributed by atoms with E-state index in [1.165, 1.54) is 12.5 Å². The van der Waals surface area contributed by atoms with Crippen LogP contribution in [0.3, 0.4) is 0 Å². The molecule has 43 heavy (non-hydrogen) atoms. The summed E-state index contributed by atoms with van der Waals surface area (Å²) >= 11 is 13.5. The SMILES string of the molecule is C.CC(=O)Cc1ccccc1N.CC(=O)Cc1ccccc1Nc1cc(Cl)ncc1C(F)(F)F.Cc1cnc(Cl)cc1I. The van der Waals surface area contributed by atoms with Crippen LogP contribution in [0.25, 0.3) is 0 Å². The van der Waals surface area contributed by atoms with Gasteiger partial charge in [-0.15, -0.1) is 0 Å². The van der Waals surface area contributed by atoms with Gasteiger partial charge in [0.05, 0.1) is 11.3 Å². The second-order valence-corrected chi connectivity index (χ2v) is 11.0. The van der Waals surface area contributed by atoms with Crippen molar-refractivity contribution in [3.05, 3.63) is 109 Å². The molecule has 230 valence electrons. The van der Waals surface area contributed by atoms with E-state index in [1.54, 1.807) is 43.5 Å². The number of anilines is 3. The lowest BCUT2D eigenvalue weighted by molar-refractivity contribution is -0.137. The van der Waals surface area contributed by atoms with Crippen molar-refractivity contribution in [3.8, 4) is 0 Å². The number of nitrogens with zero attached hydrogens (tertiary/aromatic N) is 2. The monoisotopic (exact) mass is 746 g/mol. The summed E-state index contributed by atoms with van der Waals surface area (Å²) in [5.41, 5.74) is 8.30. The Morgan fingerprint density at radius 3 is 1.91 bits per heavy atom. The third-order valence-corrected chi connectivity index (χ3v) is 6.98. The zero-order chi connectivity index (χ0) is 31.4. The third kappa shape index (κ3) is 13.3. The van der Waals surface area contributed by atoms with Gasteiger partial charge in [-0.3, -0.25) is 9.59 Å². The van der Waals surface area contributed by atoms with Crippen molar-refractivity contribution in [2.45, 2.75) is 47.2 Å². The molecule has 2 aromatic heterocycles. The van der Waals surface area contributed by atoms with E-state index >= 15 is 0 Å². The van der Waals surface area contributed by atoms with Gasteiger partial charge in [-0.2, -0.15) is 13.2 Å². The maximum atomic E-state index is 13.0. The average Bonchev–Trinajstić information content (AvgIpc) is 2.89. The minimum absolute atomic E-state index is 0. The number of nitrogens with one attached hydrogen (secondary N) is 1. The molecule has 12 heteroatoms. The van der Waals surface area contributed by atoms with Crippen LogP contribution in [0.15, 0.2) is 73.1 Å². The first-order chi connectivity index (χ1) is 19.7. The van der Waals surface area contributed by atoms with Gasteiger partial charge in [-0.25, -0.2) is 9.97 Å². The van der Waals surface area contributed by atoms with Crippen molar-refractivity contribution < 1.29 is 22.8 Å². The fraction of sp³-hybridized carbons (Fsp3) is 0.226. The molecule has 0 unspecified atom stereocenters. The number of nitrogens with two attached hydrogens (primary N) is 1. The number of alkyl halides is 3. The number of hydrogen-bond donors (Lipinski definition) is 2. The standard InChI is InChI=1S/C15H12ClF3N2O.C9H11NO.C6H5ClIN.CH4/c1-9(22)6-10-4-2-3-5-12(10)21-13-7-14(16)20-8-11(13)15(17,18)19;1-7(11)6-8-4-2-3-5-9(8)10;1-4-3-9-6(7)2-5(4)8;/h2-5,7-8H,6H2,1H3,(H,20,21);2-5H,6,10H2,1H3;2-3H,1H3;1H4. The van der Waals surface area contributed by atoms with Gasteiger partial charge in [-0.1, -0.05) is 67.0 Å². The van der Waals surface area contributed by atoms with E-state index < -0.39 is 11.7 Å². The van der Waals surface area contributed by atoms with Gasteiger partial charge in [0.2, 0.25) is 0 Å². The second-order valence-electron chi connectivity index (χ2n) is 9.05. The lowest BCUT2D eigenvalue weighted by Crippen LogP contribution is -2.10. The fourth-order valence-electron chi connectivity index (χ4n) is 3.41. The van der Waals surface area contributed by atoms with E-state index in [4.69, 9.17) is 28.9 Å². The number of ketones is 2. The lowest BCUT2D eigenvalue weighted by Gasteiger charge is -2.16. The van der Waals surface area contributed by atoms with Crippen LogP contribution >= 0.6 is 45.8 Å². The average molecular weight is 747 g/mol. The first-order valence-electron chi connectivity index (χ1n) is 12.3. The summed E-state index contributed by atoms with van der Waals surface area (Å²) in [6.45, 7) is 4.98. The molecule has 0 amide bonds. The zero-order valence-electron chi connectivity index (χ0n) is 22.9. The highest BCUT2D eigenvalue weighted by Crippen LogP contribution is 2.37. The molecule has 6 nitrogen and oxygen atoms in total. The molecular formula is C31H32Cl2F3IN4O2. The number of Topliss-reactive ketones (excluding diaryl/α,β-unsaturated/α-hetero) is 2. The first-order valence-corrected chi connectivity index (χ1v) is 14.2. The summed E-state index contributed by atoms with van der Waals surface area (Å²) in [6.07, 6.45) is -1.55. The molecule has 0 saturated heterocycles. The van der Waals surface area contributed by atoms with E-state index in [1.807, 2.05) is 31.2 Å². The van der Waals surface area contributed by atoms with Gasteiger partial charge in [0.1, 0.15) is 21.9 Å². The van der Waals surface area contributed by atoms with E-state index in [0.717, 1.165) is 15.2 Å². The molecule has 0 aliphatic heterocycles. The molecule has 0 fully saturated rings. The molecule has 0 aliphatic carbocycles. The number of aryl methyl sites for hydroxylation is 1. The van der Waals surface area contributed by atoms with Crippen LogP contribution in [0.4, 0.5) is 30.2 Å². The summed E-state index contributed by atoms with van der Waals surface area (Å²) in [4.78, 5) is 29.3. The van der Waals surface area contributed by atoms with Crippen molar-refractivity contribution in [3.63, 3.8) is 0 Å². The summed E-state index contributed by atoms with van der Waals surface area (Å²) < 4.78 is 40.2. The number of nitrogen functional groups attached to an aromatic ring is 1. The van der Waals surface area contributed by atoms with Crippen molar-refractivity contribution >= 4 is 74.4 Å². The highest BCUT2D eigenvalue weighted by molar-refractivity contribution is 14.1. The molecule has 0 bridgehead atoms. The first kappa shape index (κ1) is 37.8. The van der Waals surface area contributed by atoms with Gasteiger partial charge in [0.25, 0.3) is 0 Å². The normalized spacial score (nSPS) is 10.3. The number of pyridine rings is 2. The Kier molecular flexibility index (Phi) is 15.6. The third-order valence-electron chi connectivity index (χ3n) is 5.40. The number of carbonyl (C=O) groups is 2. The Morgan fingerprint density at radius 1 is 0.860 bits per heavy atom. The fourth-order valence-corrected chi connectivity index (χ4v) is 4.34. The lowest BCUT2D eigenvalue weighted by atomic mass is 10.1. The van der Waals surface area contributed by atoms with Crippen molar-refractivity contribution in [2.24, 2.45) is 0 Å². The van der Waals surface area contributed by atoms with Gasteiger partial charge >= 0.3 is 6.18 Å². The molecule has 0 saturated carbocycles. The van der Waals surface area contributed by atoms with Crippen LogP contribution in [0, 0.1) is 10.5 Å². The van der Waals surface area contributed by atoms with Crippen LogP contribution in [-0.4, -0.2) is 21.5 Å². The summed E-state index contributed by atoms with van der Waals surface area (Å²) in [6, 6.07) is 17.0. The summed E-state index contributed by atoms with van der Waals surface area (Å²) in [7, 11) is 0. The highest BCUT2D eigenvalue weighted by Gasteiger charge is 2.34. The number of benzene rings is 2. The zero-order valence-corrected chi connectivity index (χ0v) is 26.6. The topological polar surface area (TPSA) is 98.0 Å². The second kappa shape index (κ2) is 17.8. The van der Waals surface area contributed by atoms with E-state index in [2.05, 4.69) is 37.9 Å². The Morgan fingerprint density at radius 2 is 1.37 bits per heavy atom. The maximum absolute atomic E-state index is 13.0. The number of aromatic nitrogens is 2. The highest BCUT2D eigenvalue weighted by atomic mass is 127. The van der Waals surface area contributed by atoms with Crippen LogP contribution in [0.2, 0.25) is 10.3 Å². The van der Waals surface area contributed by atoms with Gasteiger partial charge in [0, 0.05) is 40.2 Å². The Bertz CT molecular complexity index is 1540. The van der Waals surface area contributed by atoms with E-state index in [0.29, 0.717) is 34.7 Å².